The summed E-state index contributed by atoms with van der Waals surface area (Å²) in [6, 6.07) is 3.70. The quantitative estimate of drug-likeness (QED) is 0.846. The molecule has 3 heterocycles. The molecule has 0 amide bonds. The van der Waals surface area contributed by atoms with E-state index in [4.69, 9.17) is 9.26 Å². The lowest BCUT2D eigenvalue weighted by molar-refractivity contribution is 0.207. The van der Waals surface area contributed by atoms with Gasteiger partial charge in [-0.3, -0.25) is 0 Å². The van der Waals surface area contributed by atoms with Crippen molar-refractivity contribution in [1.29, 1.82) is 0 Å². The molecule has 0 radical (unpaired) electrons. The zero-order valence-corrected chi connectivity index (χ0v) is 14.1. The fourth-order valence-electron chi connectivity index (χ4n) is 2.68. The molecule has 1 atom stereocenters. The van der Waals surface area contributed by atoms with Gasteiger partial charge < -0.3 is 9.26 Å². The van der Waals surface area contributed by atoms with Crippen molar-refractivity contribution in [3.05, 3.63) is 35.3 Å². The predicted molar refractivity (Wildman–Crippen MR) is 82.7 cm³/mol. The average Bonchev–Trinajstić information content (AvgIpc) is 3.09. The highest BCUT2D eigenvalue weighted by atomic mass is 32.2. The van der Waals surface area contributed by atoms with Gasteiger partial charge in [0.15, 0.2) is 5.76 Å². The van der Waals surface area contributed by atoms with E-state index in [9.17, 15) is 8.42 Å². The van der Waals surface area contributed by atoms with Crippen molar-refractivity contribution in [2.24, 2.45) is 0 Å². The van der Waals surface area contributed by atoms with E-state index >= 15 is 0 Å². The average molecular weight is 337 g/mol. The van der Waals surface area contributed by atoms with Gasteiger partial charge >= 0.3 is 0 Å². The van der Waals surface area contributed by atoms with Gasteiger partial charge in [0.1, 0.15) is 16.7 Å². The van der Waals surface area contributed by atoms with Crippen LogP contribution in [0, 0.1) is 20.8 Å². The standard InChI is InChI=1S/C15H19N3O4S/c1-10-4-5-14(16-8-10)21-13-6-7-18(9-13)23(19,20)15-11(2)17-22-12(15)3/h4-5,8,13H,6-7,9H2,1-3H3. The molecule has 3 rings (SSSR count). The molecule has 0 aliphatic carbocycles. The SMILES string of the molecule is Cc1ccc(OC2CCN(S(=O)(=O)c3c(C)noc3C)C2)nc1. The Morgan fingerprint density at radius 3 is 2.70 bits per heavy atom. The summed E-state index contributed by atoms with van der Waals surface area (Å²) in [6.07, 6.45) is 2.14. The van der Waals surface area contributed by atoms with E-state index in [-0.39, 0.29) is 11.0 Å². The molecule has 1 fully saturated rings. The first-order chi connectivity index (χ1) is 10.9. The summed E-state index contributed by atoms with van der Waals surface area (Å²) in [5, 5.41) is 3.73. The molecule has 124 valence electrons. The van der Waals surface area contributed by atoms with E-state index < -0.39 is 10.0 Å². The smallest absolute Gasteiger partial charge is 0.248 e. The first-order valence-corrected chi connectivity index (χ1v) is 8.84. The molecule has 23 heavy (non-hydrogen) atoms. The maximum absolute atomic E-state index is 12.7. The summed E-state index contributed by atoms with van der Waals surface area (Å²) in [7, 11) is -3.61. The molecule has 0 aromatic carbocycles. The zero-order chi connectivity index (χ0) is 16.6. The second kappa shape index (κ2) is 5.93. The fourth-order valence-corrected chi connectivity index (χ4v) is 4.46. The lowest BCUT2D eigenvalue weighted by Crippen LogP contribution is -2.31. The van der Waals surface area contributed by atoms with Crippen molar-refractivity contribution in [3.63, 3.8) is 0 Å². The zero-order valence-electron chi connectivity index (χ0n) is 13.3. The molecule has 1 saturated heterocycles. The highest BCUT2D eigenvalue weighted by Crippen LogP contribution is 2.27. The molecule has 0 N–H and O–H groups in total. The van der Waals surface area contributed by atoms with Crippen LogP contribution < -0.4 is 4.74 Å². The second-order valence-corrected chi connectivity index (χ2v) is 7.59. The van der Waals surface area contributed by atoms with Crippen molar-refractivity contribution in [3.8, 4) is 5.88 Å². The number of aryl methyl sites for hydroxylation is 3. The Morgan fingerprint density at radius 2 is 2.09 bits per heavy atom. The van der Waals surface area contributed by atoms with Crippen LogP contribution in [0.15, 0.2) is 27.7 Å². The lowest BCUT2D eigenvalue weighted by Gasteiger charge is -2.16. The number of sulfonamides is 1. The third-order valence-electron chi connectivity index (χ3n) is 3.85. The maximum Gasteiger partial charge on any atom is 0.248 e. The third kappa shape index (κ3) is 3.09. The van der Waals surface area contributed by atoms with Gasteiger partial charge in [0, 0.05) is 18.8 Å². The molecule has 1 unspecified atom stereocenters. The van der Waals surface area contributed by atoms with Crippen LogP contribution in [-0.4, -0.2) is 42.1 Å². The van der Waals surface area contributed by atoms with E-state index in [1.54, 1.807) is 26.1 Å². The number of nitrogens with zero attached hydrogens (tertiary/aromatic N) is 3. The summed E-state index contributed by atoms with van der Waals surface area (Å²) in [6.45, 7) is 5.88. The maximum atomic E-state index is 12.7. The molecule has 0 saturated carbocycles. The Balaban J connectivity index is 1.73. The van der Waals surface area contributed by atoms with Gasteiger partial charge in [0.05, 0.1) is 6.54 Å². The van der Waals surface area contributed by atoms with Crippen LogP contribution >= 0.6 is 0 Å². The minimum Gasteiger partial charge on any atom is -0.473 e. The highest BCUT2D eigenvalue weighted by Gasteiger charge is 2.37. The van der Waals surface area contributed by atoms with Gasteiger partial charge in [0.25, 0.3) is 0 Å². The van der Waals surface area contributed by atoms with Gasteiger partial charge in [-0.15, -0.1) is 0 Å². The first kappa shape index (κ1) is 15.9. The van der Waals surface area contributed by atoms with Crippen LogP contribution in [0.25, 0.3) is 0 Å². The largest absolute Gasteiger partial charge is 0.473 e. The molecule has 8 heteroatoms. The van der Waals surface area contributed by atoms with Gasteiger partial charge in [-0.2, -0.15) is 4.31 Å². The van der Waals surface area contributed by atoms with E-state index in [1.807, 2.05) is 13.0 Å². The molecule has 1 aliphatic heterocycles. The number of pyridine rings is 1. The van der Waals surface area contributed by atoms with Gasteiger partial charge in [0.2, 0.25) is 15.9 Å². The number of rotatable bonds is 4. The van der Waals surface area contributed by atoms with Crippen LogP contribution in [-0.2, 0) is 10.0 Å². The summed E-state index contributed by atoms with van der Waals surface area (Å²) in [5.41, 5.74) is 1.43. The van der Waals surface area contributed by atoms with Crippen LogP contribution in [0.2, 0.25) is 0 Å². The summed E-state index contributed by atoms with van der Waals surface area (Å²) >= 11 is 0. The molecule has 2 aromatic rings. The highest BCUT2D eigenvalue weighted by molar-refractivity contribution is 7.89. The summed E-state index contributed by atoms with van der Waals surface area (Å²) in [4.78, 5) is 4.35. The number of hydrogen-bond acceptors (Lipinski definition) is 6. The predicted octanol–water partition coefficient (Wildman–Crippen LogP) is 1.84. The van der Waals surface area contributed by atoms with Crippen LogP contribution in [0.1, 0.15) is 23.4 Å². The third-order valence-corrected chi connectivity index (χ3v) is 5.96. The Bertz CT molecular complexity index is 779. The van der Waals surface area contributed by atoms with Crippen LogP contribution in [0.3, 0.4) is 0 Å². The second-order valence-electron chi connectivity index (χ2n) is 5.72. The van der Waals surface area contributed by atoms with Crippen LogP contribution in [0.5, 0.6) is 5.88 Å². The van der Waals surface area contributed by atoms with Crippen LogP contribution in [0.4, 0.5) is 0 Å². The van der Waals surface area contributed by atoms with Crippen molar-refractivity contribution >= 4 is 10.0 Å². The number of hydrogen-bond donors (Lipinski definition) is 0. The van der Waals surface area contributed by atoms with Gasteiger partial charge in [-0.25, -0.2) is 13.4 Å². The number of ether oxygens (including phenoxy) is 1. The molecule has 0 spiro atoms. The van der Waals surface area contributed by atoms with Gasteiger partial charge in [-0.1, -0.05) is 11.2 Å². The molecular formula is C15H19N3O4S. The Hall–Kier alpha value is -1.93. The Kier molecular flexibility index (Phi) is 4.11. The summed E-state index contributed by atoms with van der Waals surface area (Å²) < 4.78 is 37.6. The minimum absolute atomic E-state index is 0.159. The Morgan fingerprint density at radius 1 is 1.30 bits per heavy atom. The molecule has 7 nitrogen and oxygen atoms in total. The van der Waals surface area contributed by atoms with E-state index in [1.165, 1.54) is 4.31 Å². The first-order valence-electron chi connectivity index (χ1n) is 7.40. The summed E-state index contributed by atoms with van der Waals surface area (Å²) in [5.74, 6) is 0.823. The van der Waals surface area contributed by atoms with E-state index in [2.05, 4.69) is 10.1 Å². The van der Waals surface area contributed by atoms with Crippen molar-refractivity contribution in [1.82, 2.24) is 14.4 Å². The normalized spacial score (nSPS) is 19.2. The van der Waals surface area contributed by atoms with Crippen molar-refractivity contribution in [2.75, 3.05) is 13.1 Å². The molecular weight excluding hydrogens is 318 g/mol. The number of aromatic nitrogens is 2. The molecule has 2 aromatic heterocycles. The molecule has 1 aliphatic rings. The van der Waals surface area contributed by atoms with Gasteiger partial charge in [-0.05, 0) is 32.8 Å². The minimum atomic E-state index is -3.61. The monoisotopic (exact) mass is 337 g/mol. The van der Waals surface area contributed by atoms with E-state index in [0.717, 1.165) is 5.56 Å². The molecule has 0 bridgehead atoms. The fraction of sp³-hybridized carbons (Fsp3) is 0.467. The lowest BCUT2D eigenvalue weighted by atomic mass is 10.3. The topological polar surface area (TPSA) is 85.5 Å². The van der Waals surface area contributed by atoms with Crippen molar-refractivity contribution < 1.29 is 17.7 Å². The van der Waals surface area contributed by atoms with E-state index in [0.29, 0.717) is 36.8 Å². The Labute approximate surface area is 135 Å². The van der Waals surface area contributed by atoms with Crippen molar-refractivity contribution in [2.45, 2.75) is 38.2 Å².